The number of Topliss-reactive ketones (excluding diaryl/α,β-unsaturated/α-hetero) is 1. The third-order valence-electron chi connectivity index (χ3n) is 5.96. The second-order valence-electron chi connectivity index (χ2n) is 8.36. The Morgan fingerprint density at radius 1 is 0.923 bits per heavy atom. The standard InChI is InChI=1S/C27H20N2O9S/c1-35-17-5-2-14(22(11-17)36-12-24(30)31)8-18(26(32)16-4-7-21-23(10-16)38-13-37-21)25(27(33)34)15-3-6-19-20(9-15)29-39-28-19/h2-7,9-11H,8,12-13H2,1H3,(H,30,31)(H,33,34). The molecule has 0 saturated carbocycles. The molecule has 3 aromatic carbocycles. The summed E-state index contributed by atoms with van der Waals surface area (Å²) in [6.07, 6.45) is -0.193. The lowest BCUT2D eigenvalue weighted by Gasteiger charge is -2.16. The Hall–Kier alpha value is -4.97. The Bertz CT molecular complexity index is 1640. The number of carboxylic acids is 2. The van der Waals surface area contributed by atoms with E-state index in [1.54, 1.807) is 36.4 Å². The molecule has 11 nitrogen and oxygen atoms in total. The number of ether oxygens (including phenoxy) is 4. The summed E-state index contributed by atoms with van der Waals surface area (Å²) in [5.41, 5.74) is 1.61. The molecule has 39 heavy (non-hydrogen) atoms. The Balaban J connectivity index is 1.67. The number of ketones is 1. The molecule has 5 rings (SSSR count). The highest BCUT2D eigenvalue weighted by Crippen LogP contribution is 2.36. The van der Waals surface area contributed by atoms with E-state index in [0.717, 1.165) is 11.7 Å². The lowest BCUT2D eigenvalue weighted by Crippen LogP contribution is -2.15. The van der Waals surface area contributed by atoms with Crippen LogP contribution in [-0.2, 0) is 16.0 Å². The van der Waals surface area contributed by atoms with E-state index in [2.05, 4.69) is 8.75 Å². The summed E-state index contributed by atoms with van der Waals surface area (Å²) in [5, 5.41) is 19.5. The third-order valence-corrected chi connectivity index (χ3v) is 6.52. The highest BCUT2D eigenvalue weighted by atomic mass is 32.1. The Kier molecular flexibility index (Phi) is 7.10. The van der Waals surface area contributed by atoms with E-state index in [4.69, 9.17) is 24.1 Å². The van der Waals surface area contributed by atoms with E-state index < -0.39 is 24.3 Å². The predicted octanol–water partition coefficient (Wildman–Crippen LogP) is 3.86. The van der Waals surface area contributed by atoms with Gasteiger partial charge in [0.1, 0.15) is 22.5 Å². The number of carbonyl (C=O) groups is 3. The van der Waals surface area contributed by atoms with Gasteiger partial charge in [0, 0.05) is 23.6 Å². The Labute approximate surface area is 225 Å². The second-order valence-corrected chi connectivity index (χ2v) is 8.88. The fraction of sp³-hybridized carbons (Fsp3) is 0.148. The summed E-state index contributed by atoms with van der Waals surface area (Å²) in [6, 6.07) is 14.0. The van der Waals surface area contributed by atoms with E-state index >= 15 is 0 Å². The number of rotatable bonds is 10. The molecule has 1 aliphatic rings. The number of aliphatic carboxylic acids is 2. The maximum Gasteiger partial charge on any atom is 0.341 e. The molecule has 0 radical (unpaired) electrons. The molecule has 12 heteroatoms. The molecule has 4 aromatic rings. The summed E-state index contributed by atoms with van der Waals surface area (Å²) < 4.78 is 29.8. The molecule has 0 atom stereocenters. The van der Waals surface area contributed by atoms with Gasteiger partial charge < -0.3 is 29.2 Å². The van der Waals surface area contributed by atoms with Crippen molar-refractivity contribution in [1.29, 1.82) is 0 Å². The molecule has 0 unspecified atom stereocenters. The molecule has 0 amide bonds. The number of carbonyl (C=O) groups excluding carboxylic acids is 1. The Morgan fingerprint density at radius 2 is 1.69 bits per heavy atom. The van der Waals surface area contributed by atoms with Crippen molar-refractivity contribution in [2.75, 3.05) is 20.5 Å². The van der Waals surface area contributed by atoms with Gasteiger partial charge in [-0.2, -0.15) is 8.75 Å². The van der Waals surface area contributed by atoms with Crippen molar-refractivity contribution in [1.82, 2.24) is 8.75 Å². The van der Waals surface area contributed by atoms with Gasteiger partial charge in [-0.05, 0) is 47.5 Å². The summed E-state index contributed by atoms with van der Waals surface area (Å²) in [4.78, 5) is 37.9. The first kappa shape index (κ1) is 25.7. The number of fused-ring (bicyclic) bond motifs is 2. The molecule has 0 bridgehead atoms. The smallest absolute Gasteiger partial charge is 0.341 e. The van der Waals surface area contributed by atoms with Crippen molar-refractivity contribution >= 4 is 46.1 Å². The van der Waals surface area contributed by atoms with Crippen LogP contribution in [0.4, 0.5) is 0 Å². The van der Waals surface area contributed by atoms with Gasteiger partial charge >= 0.3 is 11.9 Å². The average Bonchev–Trinajstić information content (AvgIpc) is 3.60. The lowest BCUT2D eigenvalue weighted by atomic mass is 9.89. The maximum absolute atomic E-state index is 14.0. The predicted molar refractivity (Wildman–Crippen MR) is 139 cm³/mol. The molecule has 1 aliphatic heterocycles. The minimum Gasteiger partial charge on any atom is -0.497 e. The average molecular weight is 549 g/mol. The number of carboxylic acid groups (broad SMARTS) is 2. The zero-order valence-electron chi connectivity index (χ0n) is 20.4. The monoisotopic (exact) mass is 548 g/mol. The van der Waals surface area contributed by atoms with Gasteiger partial charge in [-0.25, -0.2) is 9.59 Å². The molecule has 198 valence electrons. The number of aromatic nitrogens is 2. The minimum absolute atomic E-state index is 0.00780. The lowest BCUT2D eigenvalue weighted by molar-refractivity contribution is -0.139. The number of allylic oxidation sites excluding steroid dienone is 1. The van der Waals surface area contributed by atoms with Gasteiger partial charge in [-0.15, -0.1) is 0 Å². The molecular formula is C27H20N2O9S. The van der Waals surface area contributed by atoms with Gasteiger partial charge in [0.05, 0.1) is 24.4 Å². The van der Waals surface area contributed by atoms with E-state index in [1.807, 2.05) is 0 Å². The summed E-state index contributed by atoms with van der Waals surface area (Å²) >= 11 is 0.988. The number of nitrogens with zero attached hydrogens (tertiary/aromatic N) is 2. The number of benzene rings is 3. The van der Waals surface area contributed by atoms with Crippen molar-refractivity contribution in [3.05, 3.63) is 76.9 Å². The quantitative estimate of drug-likeness (QED) is 0.219. The second kappa shape index (κ2) is 10.8. The van der Waals surface area contributed by atoms with Crippen molar-refractivity contribution in [3.8, 4) is 23.0 Å². The van der Waals surface area contributed by atoms with Crippen LogP contribution >= 0.6 is 11.7 Å². The van der Waals surface area contributed by atoms with Gasteiger partial charge in [0.2, 0.25) is 6.79 Å². The van der Waals surface area contributed by atoms with Crippen molar-refractivity contribution in [2.24, 2.45) is 0 Å². The highest BCUT2D eigenvalue weighted by molar-refractivity contribution is 7.00. The first-order valence-corrected chi connectivity index (χ1v) is 12.2. The van der Waals surface area contributed by atoms with Crippen LogP contribution in [-0.4, -0.2) is 57.2 Å². The van der Waals surface area contributed by atoms with Crippen LogP contribution in [0.25, 0.3) is 16.6 Å². The Morgan fingerprint density at radius 3 is 2.46 bits per heavy atom. The highest BCUT2D eigenvalue weighted by Gasteiger charge is 2.27. The van der Waals surface area contributed by atoms with Crippen LogP contribution in [0.5, 0.6) is 23.0 Å². The molecule has 2 heterocycles. The number of methoxy groups -OCH3 is 1. The van der Waals surface area contributed by atoms with Crippen LogP contribution in [0, 0.1) is 0 Å². The van der Waals surface area contributed by atoms with E-state index in [9.17, 15) is 19.5 Å². The number of hydrogen-bond donors (Lipinski definition) is 2. The van der Waals surface area contributed by atoms with Gasteiger partial charge in [-0.3, -0.25) is 4.79 Å². The molecule has 0 saturated heterocycles. The van der Waals surface area contributed by atoms with Crippen LogP contribution < -0.4 is 18.9 Å². The van der Waals surface area contributed by atoms with Crippen LogP contribution in [0.15, 0.2) is 60.2 Å². The van der Waals surface area contributed by atoms with E-state index in [-0.39, 0.29) is 41.2 Å². The fourth-order valence-corrected chi connectivity index (χ4v) is 4.65. The van der Waals surface area contributed by atoms with E-state index in [1.165, 1.54) is 25.3 Å². The fourth-order valence-electron chi connectivity index (χ4n) is 4.13. The van der Waals surface area contributed by atoms with Crippen LogP contribution in [0.3, 0.4) is 0 Å². The normalized spacial score (nSPS) is 12.6. The maximum atomic E-state index is 14.0. The van der Waals surface area contributed by atoms with Gasteiger partial charge in [-0.1, -0.05) is 12.1 Å². The zero-order chi connectivity index (χ0) is 27.5. The molecule has 0 spiro atoms. The minimum atomic E-state index is -1.33. The van der Waals surface area contributed by atoms with Crippen LogP contribution in [0.2, 0.25) is 0 Å². The molecule has 2 N–H and O–H groups in total. The summed E-state index contributed by atoms with van der Waals surface area (Å²) in [7, 11) is 1.44. The molecule has 0 fully saturated rings. The van der Waals surface area contributed by atoms with Gasteiger partial charge in [0.25, 0.3) is 0 Å². The first-order valence-electron chi connectivity index (χ1n) is 11.5. The molecule has 0 aliphatic carbocycles. The zero-order valence-corrected chi connectivity index (χ0v) is 21.2. The largest absolute Gasteiger partial charge is 0.497 e. The molecular weight excluding hydrogens is 528 g/mol. The molecule has 1 aromatic heterocycles. The number of hydrogen-bond acceptors (Lipinski definition) is 10. The summed E-state index contributed by atoms with van der Waals surface area (Å²) in [6.45, 7) is -0.636. The third kappa shape index (κ3) is 5.36. The first-order chi connectivity index (χ1) is 18.8. The SMILES string of the molecule is COc1ccc(CC(C(=O)c2ccc3c(c2)OCO3)=C(C(=O)O)c2ccc3nsnc3c2)c(OCC(=O)O)c1. The van der Waals surface area contributed by atoms with Crippen molar-refractivity contribution < 1.29 is 43.5 Å². The van der Waals surface area contributed by atoms with Crippen LogP contribution in [0.1, 0.15) is 21.5 Å². The van der Waals surface area contributed by atoms with Gasteiger partial charge in [0.15, 0.2) is 23.9 Å². The van der Waals surface area contributed by atoms with Crippen molar-refractivity contribution in [2.45, 2.75) is 6.42 Å². The summed E-state index contributed by atoms with van der Waals surface area (Å²) in [5.74, 6) is -1.74. The van der Waals surface area contributed by atoms with E-state index in [0.29, 0.717) is 33.8 Å². The topological polar surface area (TPSA) is 154 Å². The van der Waals surface area contributed by atoms with Crippen molar-refractivity contribution in [3.63, 3.8) is 0 Å².